The molecule has 3 heteroatoms. The van der Waals surface area contributed by atoms with Crippen LogP contribution in [0.2, 0.25) is 0 Å². The van der Waals surface area contributed by atoms with E-state index in [1.54, 1.807) is 60.3 Å². The molecule has 3 heterocycles. The summed E-state index contributed by atoms with van der Waals surface area (Å²) in [5.74, 6) is 0. The Labute approximate surface area is 194 Å². The molecule has 0 saturated carbocycles. The molecule has 6 rings (SSSR count). The van der Waals surface area contributed by atoms with Crippen molar-refractivity contribution >= 4 is 22.1 Å². The van der Waals surface area contributed by atoms with E-state index >= 15 is 0 Å². The smallest absolute Gasteiger partial charge is 0.227 e. The van der Waals surface area contributed by atoms with Gasteiger partial charge in [-0.25, -0.2) is 9.55 Å². The number of rotatable bonds is 1. The molecule has 0 fully saturated rings. The predicted octanol–water partition coefficient (Wildman–Crippen LogP) is 6.40. The zero-order valence-corrected chi connectivity index (χ0v) is 17.1. The number of hydrogen-bond acceptors (Lipinski definition) is 2. The molecule has 0 amide bonds. The van der Waals surface area contributed by atoms with E-state index in [2.05, 4.69) is 0 Å². The SMILES string of the molecule is [2H]C([2H])([2H])c1ccc(-c2c(C)ccc3c2oc2nc4c(cc23)C(C([2H])([2H])[2H])(C([2H])([2H])[2H])c2ccccc2-4)[n+](C)c1. The average Bonchev–Trinajstić information content (AvgIpc) is 3.35. The summed E-state index contributed by atoms with van der Waals surface area (Å²) in [7, 11) is 1.76. The molecule has 0 bridgehead atoms. The first kappa shape index (κ1) is 11.2. The van der Waals surface area contributed by atoms with Gasteiger partial charge in [0.25, 0.3) is 0 Å². The molecule has 31 heavy (non-hydrogen) atoms. The van der Waals surface area contributed by atoms with Crippen LogP contribution in [0.3, 0.4) is 0 Å². The Balaban J connectivity index is 1.69. The Morgan fingerprint density at radius 1 is 1.00 bits per heavy atom. The number of hydrogen-bond donors (Lipinski definition) is 0. The van der Waals surface area contributed by atoms with Crippen LogP contribution in [-0.2, 0) is 12.5 Å². The number of benzene rings is 2. The average molecular weight is 415 g/mol. The van der Waals surface area contributed by atoms with E-state index in [1.165, 1.54) is 0 Å². The molecule has 0 radical (unpaired) electrons. The van der Waals surface area contributed by atoms with E-state index in [4.69, 9.17) is 21.7 Å². The Morgan fingerprint density at radius 3 is 2.68 bits per heavy atom. The van der Waals surface area contributed by atoms with Gasteiger partial charge >= 0.3 is 0 Å². The molecule has 0 N–H and O–H groups in total. The highest BCUT2D eigenvalue weighted by Gasteiger charge is 2.37. The van der Waals surface area contributed by atoms with Crippen molar-refractivity contribution < 1.29 is 21.3 Å². The maximum absolute atomic E-state index is 8.47. The zero-order valence-electron chi connectivity index (χ0n) is 26.1. The number of aryl methyl sites for hydroxylation is 3. The zero-order chi connectivity index (χ0) is 29.0. The van der Waals surface area contributed by atoms with Gasteiger partial charge in [0.05, 0.1) is 11.3 Å². The third-order valence-corrected chi connectivity index (χ3v) is 6.22. The van der Waals surface area contributed by atoms with Crippen molar-refractivity contribution in [1.29, 1.82) is 0 Å². The summed E-state index contributed by atoms with van der Waals surface area (Å²) >= 11 is 0. The van der Waals surface area contributed by atoms with Gasteiger partial charge in [-0.1, -0.05) is 50.1 Å². The molecule has 152 valence electrons. The molecule has 0 aliphatic heterocycles. The second kappa shape index (κ2) is 6.04. The molecule has 0 unspecified atom stereocenters. The Bertz CT molecular complexity index is 1830. The molecule has 1 aliphatic carbocycles. The van der Waals surface area contributed by atoms with Crippen molar-refractivity contribution in [3.8, 4) is 22.5 Å². The summed E-state index contributed by atoms with van der Waals surface area (Å²) in [5.41, 5.74) is 2.06. The van der Waals surface area contributed by atoms with Crippen molar-refractivity contribution in [2.24, 2.45) is 7.05 Å². The molecule has 3 nitrogen and oxygen atoms in total. The number of fused-ring (bicyclic) bond motifs is 6. The van der Waals surface area contributed by atoms with Gasteiger partial charge in [0.2, 0.25) is 11.4 Å². The van der Waals surface area contributed by atoms with Gasteiger partial charge in [-0.3, -0.25) is 0 Å². The monoisotopic (exact) mass is 414 g/mol. The van der Waals surface area contributed by atoms with E-state index in [0.717, 1.165) is 11.1 Å². The third kappa shape index (κ3) is 2.40. The largest absolute Gasteiger partial charge is 0.437 e. The Morgan fingerprint density at radius 2 is 1.87 bits per heavy atom. The summed E-state index contributed by atoms with van der Waals surface area (Å²) < 4.78 is 82.1. The molecule has 0 spiro atoms. The van der Waals surface area contributed by atoms with Crippen LogP contribution in [-0.4, -0.2) is 4.98 Å². The normalized spacial score (nSPS) is 19.7. The predicted molar refractivity (Wildman–Crippen MR) is 125 cm³/mol. The molecule has 2 aromatic carbocycles. The number of nitrogens with zero attached hydrogens (tertiary/aromatic N) is 2. The molecular weight excluding hydrogens is 380 g/mol. The number of pyridine rings is 2. The van der Waals surface area contributed by atoms with Crippen molar-refractivity contribution in [3.63, 3.8) is 0 Å². The number of furan rings is 1. The topological polar surface area (TPSA) is 29.9 Å². The fraction of sp³-hybridized carbons (Fsp3) is 0.214. The second-order valence-corrected chi connectivity index (χ2v) is 8.18. The third-order valence-electron chi connectivity index (χ3n) is 6.22. The Kier molecular flexibility index (Phi) is 2.19. The number of aromatic nitrogens is 2. The first-order valence-electron chi connectivity index (χ1n) is 14.5. The fourth-order valence-electron chi connectivity index (χ4n) is 4.70. The lowest BCUT2D eigenvalue weighted by Crippen LogP contribution is -2.31. The lowest BCUT2D eigenvalue weighted by atomic mass is 9.82. The fourth-order valence-corrected chi connectivity index (χ4v) is 4.70. The van der Waals surface area contributed by atoms with Crippen LogP contribution in [0.15, 0.2) is 65.2 Å². The van der Waals surface area contributed by atoms with Gasteiger partial charge in [-0.2, -0.15) is 0 Å². The Hall–Kier alpha value is -3.46. The van der Waals surface area contributed by atoms with Crippen LogP contribution in [0.25, 0.3) is 44.6 Å². The quantitative estimate of drug-likeness (QED) is 0.297. The molecule has 0 saturated heterocycles. The van der Waals surface area contributed by atoms with Crippen LogP contribution >= 0.6 is 0 Å². The molecular formula is C28H25N2O+. The van der Waals surface area contributed by atoms with Crippen LogP contribution in [0.5, 0.6) is 0 Å². The van der Waals surface area contributed by atoms with Crippen molar-refractivity contribution in [3.05, 3.63) is 83.0 Å². The van der Waals surface area contributed by atoms with Crippen LogP contribution in [0.4, 0.5) is 0 Å². The van der Waals surface area contributed by atoms with E-state index in [0.29, 0.717) is 27.6 Å². The minimum atomic E-state index is -2.89. The van der Waals surface area contributed by atoms with Gasteiger partial charge in [0.1, 0.15) is 7.05 Å². The summed E-state index contributed by atoms with van der Waals surface area (Å²) in [6.07, 6.45) is 1.56. The van der Waals surface area contributed by atoms with Gasteiger partial charge in [0, 0.05) is 45.7 Å². The van der Waals surface area contributed by atoms with Gasteiger partial charge in [0.15, 0.2) is 11.8 Å². The van der Waals surface area contributed by atoms with Gasteiger partial charge < -0.3 is 4.42 Å². The summed E-state index contributed by atoms with van der Waals surface area (Å²) in [6.45, 7) is -6.13. The molecule has 1 aliphatic rings. The van der Waals surface area contributed by atoms with Crippen molar-refractivity contribution in [1.82, 2.24) is 4.98 Å². The first-order valence-corrected chi connectivity index (χ1v) is 10.0. The van der Waals surface area contributed by atoms with E-state index in [-0.39, 0.29) is 28.1 Å². The standard InChI is InChI=1S/C28H25N2O/c1-16-10-13-23(30(5)15-16)24-17(2)11-12-18-20-14-22-25(29-27(20)31-26(18)24)19-8-6-7-9-21(19)28(22,3)4/h6-15H,1-5H3/q+1/i1D3,3D3,4D3. The maximum Gasteiger partial charge on any atom is 0.227 e. The summed E-state index contributed by atoms with van der Waals surface area (Å²) in [4.78, 5) is 4.74. The minimum absolute atomic E-state index is 0.124. The molecule has 0 atom stereocenters. The molecule has 3 aromatic heterocycles. The van der Waals surface area contributed by atoms with E-state index in [9.17, 15) is 0 Å². The van der Waals surface area contributed by atoms with Crippen molar-refractivity contribution in [2.75, 3.05) is 0 Å². The van der Waals surface area contributed by atoms with E-state index in [1.807, 2.05) is 19.1 Å². The van der Waals surface area contributed by atoms with Gasteiger partial charge in [-0.05, 0) is 42.6 Å². The summed E-state index contributed by atoms with van der Waals surface area (Å²) in [5, 5.41) is 1.15. The minimum Gasteiger partial charge on any atom is -0.437 e. The second-order valence-electron chi connectivity index (χ2n) is 8.18. The van der Waals surface area contributed by atoms with Crippen LogP contribution in [0, 0.1) is 13.8 Å². The van der Waals surface area contributed by atoms with Gasteiger partial charge in [-0.15, -0.1) is 0 Å². The van der Waals surface area contributed by atoms with Crippen molar-refractivity contribution in [2.45, 2.75) is 32.9 Å². The lowest BCUT2D eigenvalue weighted by Gasteiger charge is -2.20. The highest BCUT2D eigenvalue weighted by atomic mass is 16.3. The maximum atomic E-state index is 8.47. The lowest BCUT2D eigenvalue weighted by molar-refractivity contribution is -0.660. The highest BCUT2D eigenvalue weighted by Crippen LogP contribution is 2.49. The van der Waals surface area contributed by atoms with E-state index < -0.39 is 26.0 Å². The first-order chi connectivity index (χ1) is 18.6. The highest BCUT2D eigenvalue weighted by molar-refractivity contribution is 6.09. The van der Waals surface area contributed by atoms with Crippen LogP contribution < -0.4 is 4.57 Å². The van der Waals surface area contributed by atoms with Crippen LogP contribution in [0.1, 0.15) is 48.3 Å². The summed E-state index contributed by atoms with van der Waals surface area (Å²) in [6, 6.07) is 15.3. The molecule has 5 aromatic rings.